The lowest BCUT2D eigenvalue weighted by Crippen LogP contribution is -2.10. The summed E-state index contributed by atoms with van der Waals surface area (Å²) >= 11 is 0. The van der Waals surface area contributed by atoms with Crippen molar-refractivity contribution in [2.45, 2.75) is 53.0 Å². The van der Waals surface area contributed by atoms with E-state index in [1.54, 1.807) is 0 Å². The van der Waals surface area contributed by atoms with Gasteiger partial charge >= 0.3 is 0 Å². The van der Waals surface area contributed by atoms with Crippen molar-refractivity contribution in [2.75, 3.05) is 0 Å². The minimum absolute atomic E-state index is 0.253. The first kappa shape index (κ1) is 21.0. The summed E-state index contributed by atoms with van der Waals surface area (Å²) in [7, 11) is 0. The second-order valence-electron chi connectivity index (χ2n) is 8.25. The standard InChI is InChI=1S/C25H31N3O/c1-16(2)13-23-21(15-26)25(19-10-7-17(3)8-11-19)20-14-18(5-4-6-24(27)29)9-12-22(20)28-23/h7-12,14,16H,4-6,13,15,26H2,1-3H3,(H2,27,29). The van der Waals surface area contributed by atoms with Crippen LogP contribution in [0.15, 0.2) is 42.5 Å². The molecule has 29 heavy (non-hydrogen) atoms. The molecule has 0 saturated carbocycles. The predicted octanol–water partition coefficient (Wildman–Crippen LogP) is 4.68. The Labute approximate surface area is 173 Å². The Morgan fingerprint density at radius 1 is 1.10 bits per heavy atom. The van der Waals surface area contributed by atoms with E-state index in [1.807, 2.05) is 0 Å². The summed E-state index contributed by atoms with van der Waals surface area (Å²) in [5, 5.41) is 1.12. The lowest BCUT2D eigenvalue weighted by atomic mass is 9.90. The molecule has 4 heteroatoms. The summed E-state index contributed by atoms with van der Waals surface area (Å²) in [6.07, 6.45) is 2.88. The fraction of sp³-hybridized carbons (Fsp3) is 0.360. The average molecular weight is 390 g/mol. The molecule has 0 radical (unpaired) electrons. The Bertz CT molecular complexity index is 1010. The maximum Gasteiger partial charge on any atom is 0.217 e. The van der Waals surface area contributed by atoms with Crippen LogP contribution in [0.5, 0.6) is 0 Å². The van der Waals surface area contributed by atoms with Crippen LogP contribution < -0.4 is 11.5 Å². The summed E-state index contributed by atoms with van der Waals surface area (Å²) in [6, 6.07) is 15.0. The van der Waals surface area contributed by atoms with Crippen molar-refractivity contribution in [3.63, 3.8) is 0 Å². The number of fused-ring (bicyclic) bond motifs is 1. The van der Waals surface area contributed by atoms with Crippen LogP contribution in [0.1, 0.15) is 49.1 Å². The summed E-state index contributed by atoms with van der Waals surface area (Å²) in [5.74, 6) is 0.251. The normalized spacial score (nSPS) is 11.3. The Hall–Kier alpha value is -2.72. The summed E-state index contributed by atoms with van der Waals surface area (Å²) < 4.78 is 0. The highest BCUT2D eigenvalue weighted by Crippen LogP contribution is 2.35. The molecular weight excluding hydrogens is 358 g/mol. The molecule has 0 unspecified atom stereocenters. The number of hydrogen-bond acceptors (Lipinski definition) is 3. The van der Waals surface area contributed by atoms with Crippen molar-refractivity contribution in [2.24, 2.45) is 17.4 Å². The SMILES string of the molecule is Cc1ccc(-c2c(CN)c(CC(C)C)nc3ccc(CCCC(N)=O)cc23)cc1. The predicted molar refractivity (Wildman–Crippen MR) is 120 cm³/mol. The molecule has 0 aliphatic carbocycles. The van der Waals surface area contributed by atoms with E-state index in [1.165, 1.54) is 22.3 Å². The van der Waals surface area contributed by atoms with Crippen molar-refractivity contribution in [1.82, 2.24) is 4.98 Å². The molecule has 1 heterocycles. The van der Waals surface area contributed by atoms with E-state index in [4.69, 9.17) is 16.5 Å². The van der Waals surface area contributed by atoms with Gasteiger partial charge in [0.15, 0.2) is 0 Å². The van der Waals surface area contributed by atoms with Gasteiger partial charge in [0.2, 0.25) is 5.91 Å². The first-order chi connectivity index (χ1) is 13.9. The monoisotopic (exact) mass is 389 g/mol. The highest BCUT2D eigenvalue weighted by molar-refractivity contribution is 5.97. The van der Waals surface area contributed by atoms with E-state index < -0.39 is 0 Å². The number of aryl methyl sites for hydroxylation is 2. The van der Waals surface area contributed by atoms with E-state index >= 15 is 0 Å². The number of rotatable bonds is 8. The van der Waals surface area contributed by atoms with E-state index in [-0.39, 0.29) is 5.91 Å². The average Bonchev–Trinajstić information content (AvgIpc) is 2.67. The smallest absolute Gasteiger partial charge is 0.217 e. The molecule has 1 aromatic heterocycles. The maximum absolute atomic E-state index is 11.1. The highest BCUT2D eigenvalue weighted by Gasteiger charge is 2.17. The molecule has 4 nitrogen and oxygen atoms in total. The van der Waals surface area contributed by atoms with Crippen LogP contribution in [0.25, 0.3) is 22.0 Å². The number of carbonyl (C=O) groups is 1. The summed E-state index contributed by atoms with van der Waals surface area (Å²) in [4.78, 5) is 16.1. The van der Waals surface area contributed by atoms with Gasteiger partial charge in [-0.2, -0.15) is 0 Å². The number of benzene rings is 2. The fourth-order valence-corrected chi connectivity index (χ4v) is 3.85. The van der Waals surface area contributed by atoms with Crippen LogP contribution in [0.4, 0.5) is 0 Å². The van der Waals surface area contributed by atoms with E-state index in [9.17, 15) is 4.79 Å². The zero-order valence-corrected chi connectivity index (χ0v) is 17.7. The lowest BCUT2D eigenvalue weighted by molar-refractivity contribution is -0.118. The third-order valence-corrected chi connectivity index (χ3v) is 5.27. The van der Waals surface area contributed by atoms with Crippen molar-refractivity contribution >= 4 is 16.8 Å². The second-order valence-corrected chi connectivity index (χ2v) is 8.25. The zero-order chi connectivity index (χ0) is 21.0. The van der Waals surface area contributed by atoms with Gasteiger partial charge in [-0.15, -0.1) is 0 Å². The number of aromatic nitrogens is 1. The number of carbonyl (C=O) groups excluding carboxylic acids is 1. The van der Waals surface area contributed by atoms with Gasteiger partial charge < -0.3 is 11.5 Å². The van der Waals surface area contributed by atoms with Gasteiger partial charge in [-0.25, -0.2) is 0 Å². The number of nitrogens with two attached hydrogens (primary N) is 2. The van der Waals surface area contributed by atoms with E-state index in [0.29, 0.717) is 18.9 Å². The van der Waals surface area contributed by atoms with Crippen LogP contribution in [0, 0.1) is 12.8 Å². The Morgan fingerprint density at radius 2 is 1.83 bits per heavy atom. The summed E-state index contributed by atoms with van der Waals surface area (Å²) in [6.45, 7) is 6.97. The minimum Gasteiger partial charge on any atom is -0.370 e. The quantitative estimate of drug-likeness (QED) is 0.587. The molecule has 152 valence electrons. The number of nitrogens with zero attached hydrogens (tertiary/aromatic N) is 1. The number of primary amides is 1. The Balaban J connectivity index is 2.18. The van der Waals surface area contributed by atoms with Gasteiger partial charge in [0, 0.05) is 24.0 Å². The Kier molecular flexibility index (Phi) is 6.65. The zero-order valence-electron chi connectivity index (χ0n) is 17.7. The van der Waals surface area contributed by atoms with Crippen LogP contribution >= 0.6 is 0 Å². The molecule has 3 aromatic rings. The maximum atomic E-state index is 11.1. The van der Waals surface area contributed by atoms with Crippen LogP contribution in [-0.4, -0.2) is 10.9 Å². The van der Waals surface area contributed by atoms with Crippen molar-refractivity contribution in [1.29, 1.82) is 0 Å². The van der Waals surface area contributed by atoms with Crippen molar-refractivity contribution in [3.05, 3.63) is 64.8 Å². The van der Waals surface area contributed by atoms with Gasteiger partial charge in [-0.05, 0) is 66.5 Å². The highest BCUT2D eigenvalue weighted by atomic mass is 16.1. The molecule has 0 fully saturated rings. The minimum atomic E-state index is -0.253. The van der Waals surface area contributed by atoms with Gasteiger partial charge in [-0.1, -0.05) is 49.7 Å². The number of amides is 1. The third kappa shape index (κ3) is 5.01. The molecule has 4 N–H and O–H groups in total. The van der Waals surface area contributed by atoms with Crippen molar-refractivity contribution in [3.8, 4) is 11.1 Å². The molecule has 2 aromatic carbocycles. The number of hydrogen-bond donors (Lipinski definition) is 2. The van der Waals surface area contributed by atoms with Gasteiger partial charge in [0.05, 0.1) is 5.52 Å². The van der Waals surface area contributed by atoms with E-state index in [0.717, 1.165) is 41.4 Å². The molecule has 0 aliphatic heterocycles. The second kappa shape index (κ2) is 9.19. The molecule has 0 bridgehead atoms. The molecule has 0 aliphatic rings. The van der Waals surface area contributed by atoms with Gasteiger partial charge in [0.1, 0.15) is 0 Å². The van der Waals surface area contributed by atoms with Gasteiger partial charge in [-0.3, -0.25) is 9.78 Å². The van der Waals surface area contributed by atoms with Gasteiger partial charge in [0.25, 0.3) is 0 Å². The molecule has 0 saturated heterocycles. The molecule has 0 spiro atoms. The van der Waals surface area contributed by atoms with E-state index in [2.05, 4.69) is 63.2 Å². The molecular formula is C25H31N3O. The molecule has 1 amide bonds. The third-order valence-electron chi connectivity index (χ3n) is 5.27. The number of pyridine rings is 1. The first-order valence-electron chi connectivity index (χ1n) is 10.4. The largest absolute Gasteiger partial charge is 0.370 e. The van der Waals surface area contributed by atoms with Crippen molar-refractivity contribution < 1.29 is 4.79 Å². The fourth-order valence-electron chi connectivity index (χ4n) is 3.85. The lowest BCUT2D eigenvalue weighted by Gasteiger charge is -2.18. The van der Waals surface area contributed by atoms with Crippen LogP contribution in [0.3, 0.4) is 0 Å². The first-order valence-corrected chi connectivity index (χ1v) is 10.4. The topological polar surface area (TPSA) is 82.0 Å². The molecule has 0 atom stereocenters. The summed E-state index contributed by atoms with van der Waals surface area (Å²) in [5.41, 5.74) is 19.5. The van der Waals surface area contributed by atoms with Crippen LogP contribution in [-0.2, 0) is 24.2 Å². The molecule has 3 rings (SSSR count). The van der Waals surface area contributed by atoms with Crippen LogP contribution in [0.2, 0.25) is 0 Å². The Morgan fingerprint density at radius 3 is 2.45 bits per heavy atom.